The molecule has 0 atom stereocenters. The summed E-state index contributed by atoms with van der Waals surface area (Å²) in [5.74, 6) is 0. The molecule has 0 aliphatic carbocycles. The Morgan fingerprint density at radius 1 is 0.412 bits per heavy atom. The van der Waals surface area contributed by atoms with Crippen molar-refractivity contribution in [2.24, 2.45) is 0 Å². The zero-order valence-electron chi connectivity index (χ0n) is 18.8. The van der Waals surface area contributed by atoms with Crippen molar-refractivity contribution in [3.8, 4) is 0 Å². The first-order valence-electron chi connectivity index (χ1n) is 11.4. The van der Waals surface area contributed by atoms with Crippen LogP contribution in [0.2, 0.25) is 0 Å². The maximum absolute atomic E-state index is 7.91. The van der Waals surface area contributed by atoms with Gasteiger partial charge in [0.2, 0.25) is 0 Å². The monoisotopic (exact) mass is 495 g/mol. The summed E-state index contributed by atoms with van der Waals surface area (Å²) in [6, 6.07) is 53.9. The summed E-state index contributed by atoms with van der Waals surface area (Å²) in [4.78, 5) is 0. The number of hydrogen-bond donors (Lipinski definition) is 0. The summed E-state index contributed by atoms with van der Waals surface area (Å²) in [6.07, 6.45) is -2.40. The van der Waals surface area contributed by atoms with Crippen LogP contribution in [0.4, 0.5) is 0 Å². The Morgan fingerprint density at radius 2 is 0.676 bits per heavy atom. The number of halogens is 1. The van der Waals surface area contributed by atoms with Crippen molar-refractivity contribution in [1.82, 2.24) is 0 Å². The molecule has 0 bridgehead atoms. The molecule has 3 heteroatoms. The smallest absolute Gasteiger partial charge is 0.0842 e. The Labute approximate surface area is 208 Å². The lowest BCUT2D eigenvalue weighted by atomic mass is 10.4. The van der Waals surface area contributed by atoms with E-state index in [1.807, 2.05) is 0 Å². The average molecular weight is 496 g/mol. The normalized spacial score (nSPS) is 11.7. The van der Waals surface area contributed by atoms with Crippen LogP contribution in [0, 0.1) is 0 Å². The molecular formula is C31H26ClP2+. The molecule has 0 radical (unpaired) electrons. The molecule has 0 amide bonds. The van der Waals surface area contributed by atoms with Crippen molar-refractivity contribution in [1.29, 1.82) is 0 Å². The summed E-state index contributed by atoms with van der Waals surface area (Å²) < 4.78 is 0. The zero-order chi connectivity index (χ0) is 23.3. The molecule has 5 rings (SSSR count). The van der Waals surface area contributed by atoms with Gasteiger partial charge in [-0.1, -0.05) is 127 Å². The Kier molecular flexibility index (Phi) is 6.85. The van der Waals surface area contributed by atoms with Crippen LogP contribution < -0.4 is 26.5 Å². The molecule has 5 aromatic rings. The number of benzene rings is 5. The Morgan fingerprint density at radius 3 is 0.971 bits per heavy atom. The molecule has 0 saturated heterocycles. The Hall–Kier alpha value is -2.88. The second-order valence-electron chi connectivity index (χ2n) is 8.15. The zero-order valence-corrected chi connectivity index (χ0v) is 21.3. The van der Waals surface area contributed by atoms with E-state index in [9.17, 15) is 0 Å². The van der Waals surface area contributed by atoms with Gasteiger partial charge >= 0.3 is 0 Å². The van der Waals surface area contributed by atoms with Crippen molar-refractivity contribution >= 4 is 56.8 Å². The molecule has 0 fully saturated rings. The van der Waals surface area contributed by atoms with Crippen molar-refractivity contribution in [3.63, 3.8) is 0 Å². The minimum Gasteiger partial charge on any atom is -0.0842 e. The van der Waals surface area contributed by atoms with Gasteiger partial charge in [0.05, 0.1) is 11.8 Å². The van der Waals surface area contributed by atoms with Gasteiger partial charge in [-0.2, -0.15) is 0 Å². The van der Waals surface area contributed by atoms with E-state index in [2.05, 4.69) is 157 Å². The van der Waals surface area contributed by atoms with E-state index >= 15 is 0 Å². The SMILES string of the molecule is ClP(=C[P+](c1ccccc1)(c1ccccc1)c1ccccc1)(c1ccccc1)c1ccccc1. The van der Waals surface area contributed by atoms with Gasteiger partial charge in [0, 0.05) is 0 Å². The van der Waals surface area contributed by atoms with Gasteiger partial charge in [-0.15, -0.1) is 0 Å². The third-order valence-electron chi connectivity index (χ3n) is 6.09. The minimum absolute atomic E-state index is 1.18. The van der Waals surface area contributed by atoms with Crippen LogP contribution in [-0.4, -0.2) is 5.54 Å². The first kappa shape index (κ1) is 22.9. The molecule has 0 unspecified atom stereocenters. The predicted octanol–water partition coefficient (Wildman–Crippen LogP) is 6.56. The van der Waals surface area contributed by atoms with E-state index in [1.165, 1.54) is 26.5 Å². The van der Waals surface area contributed by atoms with E-state index in [0.717, 1.165) is 0 Å². The highest BCUT2D eigenvalue weighted by molar-refractivity contribution is 8.23. The Balaban J connectivity index is 1.96. The van der Waals surface area contributed by atoms with Gasteiger partial charge in [-0.05, 0) is 47.0 Å². The lowest BCUT2D eigenvalue weighted by Crippen LogP contribution is -2.33. The minimum atomic E-state index is -2.40. The fourth-order valence-electron chi connectivity index (χ4n) is 4.45. The molecule has 0 N–H and O–H groups in total. The van der Waals surface area contributed by atoms with Crippen LogP contribution in [0.3, 0.4) is 0 Å². The van der Waals surface area contributed by atoms with E-state index in [1.54, 1.807) is 0 Å². The lowest BCUT2D eigenvalue weighted by molar-refractivity contribution is 1.73. The van der Waals surface area contributed by atoms with Crippen molar-refractivity contribution in [2.45, 2.75) is 0 Å². The van der Waals surface area contributed by atoms with Crippen LogP contribution in [0.1, 0.15) is 0 Å². The molecule has 0 spiro atoms. The molecule has 0 saturated carbocycles. The maximum atomic E-state index is 7.91. The maximum Gasteiger partial charge on any atom is 0.138 e. The first-order valence-corrected chi connectivity index (χ1v) is 16.0. The van der Waals surface area contributed by atoms with Gasteiger partial charge in [0.1, 0.15) is 23.2 Å². The van der Waals surface area contributed by atoms with E-state index in [-0.39, 0.29) is 0 Å². The fourth-order valence-corrected chi connectivity index (χ4v) is 15.2. The quantitative estimate of drug-likeness (QED) is 0.234. The van der Waals surface area contributed by atoms with E-state index in [4.69, 9.17) is 11.2 Å². The predicted molar refractivity (Wildman–Crippen MR) is 156 cm³/mol. The molecule has 0 aromatic heterocycles. The average Bonchev–Trinajstić information content (AvgIpc) is 2.94. The van der Waals surface area contributed by atoms with Gasteiger partial charge < -0.3 is 0 Å². The first-order chi connectivity index (χ1) is 16.7. The summed E-state index contributed by atoms with van der Waals surface area (Å²) in [6.45, 7) is 0. The topological polar surface area (TPSA) is 0 Å². The number of hydrogen-bond acceptors (Lipinski definition) is 0. The molecule has 0 aliphatic heterocycles. The second kappa shape index (κ2) is 10.2. The van der Waals surface area contributed by atoms with Crippen LogP contribution in [0.5, 0.6) is 0 Å². The molecule has 0 nitrogen and oxygen atoms in total. The molecule has 34 heavy (non-hydrogen) atoms. The molecule has 0 aliphatic rings. The highest BCUT2D eigenvalue weighted by Gasteiger charge is 2.46. The summed E-state index contributed by atoms with van der Waals surface area (Å²) >= 11 is 7.91. The van der Waals surface area contributed by atoms with Crippen LogP contribution in [0.25, 0.3) is 0 Å². The fraction of sp³-hybridized carbons (Fsp3) is 0. The van der Waals surface area contributed by atoms with Gasteiger partial charge in [-0.25, -0.2) is 0 Å². The summed E-state index contributed by atoms with van der Waals surface area (Å²) in [5, 5.41) is 6.28. The second-order valence-corrected chi connectivity index (χ2v) is 16.0. The third kappa shape index (κ3) is 4.31. The highest BCUT2D eigenvalue weighted by Crippen LogP contribution is 2.63. The van der Waals surface area contributed by atoms with E-state index < -0.39 is 13.5 Å². The Bertz CT molecular complexity index is 1240. The molecular weight excluding hydrogens is 470 g/mol. The van der Waals surface area contributed by atoms with Crippen LogP contribution >= 0.6 is 24.7 Å². The van der Waals surface area contributed by atoms with Gasteiger partial charge in [0.15, 0.2) is 0 Å². The van der Waals surface area contributed by atoms with Crippen LogP contribution in [0.15, 0.2) is 152 Å². The molecule has 0 heterocycles. The standard InChI is InChI=1S/C31H26ClP2/c32-34(30-22-12-4-13-23-30,31-24-14-5-15-25-31)26-33(27-16-6-1-7-17-27,28-18-8-2-9-19-28)29-20-10-3-11-21-29/h1-26H/q+1. The number of rotatable bonds is 6. The largest absolute Gasteiger partial charge is 0.138 e. The third-order valence-corrected chi connectivity index (χ3v) is 16.1. The van der Waals surface area contributed by atoms with Crippen molar-refractivity contribution < 1.29 is 0 Å². The van der Waals surface area contributed by atoms with E-state index in [0.29, 0.717) is 0 Å². The van der Waals surface area contributed by atoms with Crippen molar-refractivity contribution in [3.05, 3.63) is 152 Å². The molecule has 166 valence electrons. The highest BCUT2D eigenvalue weighted by atomic mass is 35.7. The van der Waals surface area contributed by atoms with Crippen LogP contribution in [-0.2, 0) is 0 Å². The van der Waals surface area contributed by atoms with Gasteiger partial charge in [-0.3, -0.25) is 0 Å². The summed E-state index contributed by atoms with van der Waals surface area (Å²) in [7, 11) is -2.21. The summed E-state index contributed by atoms with van der Waals surface area (Å²) in [5.41, 5.74) is 2.55. The van der Waals surface area contributed by atoms with Gasteiger partial charge in [0.25, 0.3) is 0 Å². The lowest BCUT2D eigenvalue weighted by Gasteiger charge is -2.29. The molecule has 5 aromatic carbocycles. The van der Waals surface area contributed by atoms with Crippen molar-refractivity contribution in [2.75, 3.05) is 0 Å².